The Morgan fingerprint density at radius 1 is 1.23 bits per heavy atom. The summed E-state index contributed by atoms with van der Waals surface area (Å²) < 4.78 is 0. The van der Waals surface area contributed by atoms with Crippen LogP contribution in [0.4, 0.5) is 10.6 Å². The average Bonchev–Trinajstić information content (AvgIpc) is 2.94. The van der Waals surface area contributed by atoms with Crippen molar-refractivity contribution in [2.45, 2.75) is 0 Å². The molecule has 0 spiro atoms. The molecule has 0 radical (unpaired) electrons. The van der Waals surface area contributed by atoms with Gasteiger partial charge in [0.05, 0.1) is 10.7 Å². The molecule has 0 unspecified atom stereocenters. The van der Waals surface area contributed by atoms with Crippen LogP contribution in [0.15, 0.2) is 36.4 Å². The summed E-state index contributed by atoms with van der Waals surface area (Å²) in [4.78, 5) is 13.2. The van der Waals surface area contributed by atoms with Gasteiger partial charge in [-0.25, -0.2) is 4.79 Å². The number of benzene rings is 1. The molecule has 1 aromatic heterocycles. The van der Waals surface area contributed by atoms with Gasteiger partial charge >= 0.3 is 6.03 Å². The van der Waals surface area contributed by atoms with Crippen LogP contribution in [0.2, 0.25) is 5.02 Å². The van der Waals surface area contributed by atoms with Gasteiger partial charge in [0.2, 0.25) is 0 Å². The molecule has 7 heteroatoms. The fourth-order valence-corrected chi connectivity index (χ4v) is 2.52. The average molecular weight is 318 g/mol. The summed E-state index contributed by atoms with van der Waals surface area (Å²) in [6.07, 6.45) is 0. The number of carbonyl (C=O) groups is 1. The number of rotatable bonds is 5. The first-order valence-electron chi connectivity index (χ1n) is 7.09. The molecule has 2 amide bonds. The van der Waals surface area contributed by atoms with Gasteiger partial charge in [0.1, 0.15) is 5.82 Å². The van der Waals surface area contributed by atoms with Crippen LogP contribution in [0.25, 0.3) is 11.3 Å². The summed E-state index contributed by atoms with van der Waals surface area (Å²) in [6.45, 7) is 2.73. The Balaban J connectivity index is 1.58. The molecule has 1 aliphatic heterocycles. The van der Waals surface area contributed by atoms with Crippen LogP contribution in [-0.2, 0) is 0 Å². The van der Waals surface area contributed by atoms with E-state index >= 15 is 0 Å². The third-order valence-corrected chi connectivity index (χ3v) is 3.78. The molecule has 1 aromatic carbocycles. The summed E-state index contributed by atoms with van der Waals surface area (Å²) in [7, 11) is 0. The Morgan fingerprint density at radius 2 is 2.09 bits per heavy atom. The van der Waals surface area contributed by atoms with E-state index in [1.54, 1.807) is 4.90 Å². The predicted octanol–water partition coefficient (Wildman–Crippen LogP) is 2.23. The normalized spacial score (nSPS) is 14.0. The Bertz CT molecular complexity index is 661. The molecule has 1 fully saturated rings. The van der Waals surface area contributed by atoms with Crippen molar-refractivity contribution in [1.82, 2.24) is 20.4 Å². The molecule has 0 aliphatic carbocycles. The van der Waals surface area contributed by atoms with Crippen LogP contribution in [0, 0.1) is 0 Å². The quantitative estimate of drug-likeness (QED) is 0.887. The van der Waals surface area contributed by atoms with E-state index in [0.717, 1.165) is 17.8 Å². The molecule has 3 rings (SSSR count). The van der Waals surface area contributed by atoms with Crippen molar-refractivity contribution >= 4 is 23.4 Å². The van der Waals surface area contributed by atoms with Crippen molar-refractivity contribution in [1.29, 1.82) is 0 Å². The van der Waals surface area contributed by atoms with Crippen molar-refractivity contribution in [2.24, 2.45) is 0 Å². The molecule has 2 aromatic rings. The molecule has 1 saturated heterocycles. The third kappa shape index (κ3) is 3.28. The third-order valence-electron chi connectivity index (χ3n) is 3.45. The Morgan fingerprint density at radius 3 is 2.77 bits per heavy atom. The van der Waals surface area contributed by atoms with Crippen LogP contribution in [-0.4, -0.2) is 47.3 Å². The lowest BCUT2D eigenvalue weighted by atomic mass is 10.1. The second-order valence-corrected chi connectivity index (χ2v) is 5.34. The Kier molecular flexibility index (Phi) is 4.39. The van der Waals surface area contributed by atoms with Crippen molar-refractivity contribution < 1.29 is 4.79 Å². The van der Waals surface area contributed by atoms with Gasteiger partial charge in [-0.05, 0) is 18.2 Å². The molecule has 0 atom stereocenters. The van der Waals surface area contributed by atoms with Crippen LogP contribution in [0.1, 0.15) is 0 Å². The lowest BCUT2D eigenvalue weighted by molar-refractivity contribution is 0.219. The summed E-state index contributed by atoms with van der Waals surface area (Å²) >= 11 is 6.14. The SMILES string of the molecule is O=C1NCCN1CCNc1ccc(-c2ccccc2Cl)nn1. The molecule has 0 saturated carbocycles. The van der Waals surface area contributed by atoms with E-state index in [4.69, 9.17) is 11.6 Å². The second-order valence-electron chi connectivity index (χ2n) is 4.93. The van der Waals surface area contributed by atoms with Gasteiger partial charge in [0.15, 0.2) is 0 Å². The molecule has 2 N–H and O–H groups in total. The van der Waals surface area contributed by atoms with Gasteiger partial charge in [0.25, 0.3) is 0 Å². The van der Waals surface area contributed by atoms with Gasteiger partial charge in [-0.15, -0.1) is 10.2 Å². The smallest absolute Gasteiger partial charge is 0.317 e. The number of nitrogens with one attached hydrogen (secondary N) is 2. The number of urea groups is 1. The van der Waals surface area contributed by atoms with Gasteiger partial charge in [-0.1, -0.05) is 29.8 Å². The first kappa shape index (κ1) is 14.6. The van der Waals surface area contributed by atoms with Gasteiger partial charge in [-0.2, -0.15) is 0 Å². The summed E-state index contributed by atoms with van der Waals surface area (Å²) in [5.41, 5.74) is 1.59. The topological polar surface area (TPSA) is 70.2 Å². The van der Waals surface area contributed by atoms with E-state index < -0.39 is 0 Å². The molecule has 0 bridgehead atoms. The van der Waals surface area contributed by atoms with Crippen LogP contribution >= 0.6 is 11.6 Å². The highest BCUT2D eigenvalue weighted by molar-refractivity contribution is 6.33. The zero-order valence-electron chi connectivity index (χ0n) is 11.9. The van der Waals surface area contributed by atoms with E-state index in [9.17, 15) is 4.79 Å². The number of hydrogen-bond acceptors (Lipinski definition) is 4. The standard InChI is InChI=1S/C15H16ClN5O/c16-12-4-2-1-3-11(12)13-5-6-14(20-19-13)17-7-9-21-10-8-18-15(21)22/h1-6H,7-10H2,(H,17,20)(H,18,22). The molecular weight excluding hydrogens is 302 g/mol. The molecule has 1 aliphatic rings. The van der Waals surface area contributed by atoms with E-state index in [-0.39, 0.29) is 6.03 Å². The van der Waals surface area contributed by atoms with Crippen LogP contribution in [0.5, 0.6) is 0 Å². The van der Waals surface area contributed by atoms with Crippen LogP contribution < -0.4 is 10.6 Å². The first-order valence-corrected chi connectivity index (χ1v) is 7.47. The zero-order valence-corrected chi connectivity index (χ0v) is 12.7. The number of halogens is 1. The Hall–Kier alpha value is -2.34. The maximum atomic E-state index is 11.4. The fraction of sp³-hybridized carbons (Fsp3) is 0.267. The summed E-state index contributed by atoms with van der Waals surface area (Å²) in [5, 5.41) is 14.9. The number of amides is 2. The largest absolute Gasteiger partial charge is 0.367 e. The number of anilines is 1. The maximum Gasteiger partial charge on any atom is 0.317 e. The Labute approximate surface area is 133 Å². The first-order chi connectivity index (χ1) is 10.7. The minimum Gasteiger partial charge on any atom is -0.367 e. The highest BCUT2D eigenvalue weighted by Gasteiger charge is 2.18. The molecule has 22 heavy (non-hydrogen) atoms. The van der Waals surface area contributed by atoms with E-state index in [1.807, 2.05) is 36.4 Å². The van der Waals surface area contributed by atoms with Gasteiger partial charge in [0, 0.05) is 31.7 Å². The minimum atomic E-state index is -0.0121. The van der Waals surface area contributed by atoms with Crippen molar-refractivity contribution in [3.05, 3.63) is 41.4 Å². The number of hydrogen-bond donors (Lipinski definition) is 2. The second kappa shape index (κ2) is 6.62. The van der Waals surface area contributed by atoms with Crippen LogP contribution in [0.3, 0.4) is 0 Å². The highest BCUT2D eigenvalue weighted by atomic mass is 35.5. The molecule has 2 heterocycles. The summed E-state index contributed by atoms with van der Waals surface area (Å²) in [5.74, 6) is 0.676. The molecular formula is C15H16ClN5O. The van der Waals surface area contributed by atoms with E-state index in [2.05, 4.69) is 20.8 Å². The van der Waals surface area contributed by atoms with E-state index in [0.29, 0.717) is 30.5 Å². The summed E-state index contributed by atoms with van der Waals surface area (Å²) in [6, 6.07) is 11.2. The highest BCUT2D eigenvalue weighted by Crippen LogP contribution is 2.25. The van der Waals surface area contributed by atoms with E-state index in [1.165, 1.54) is 0 Å². The zero-order chi connectivity index (χ0) is 15.4. The number of nitrogens with zero attached hydrogens (tertiary/aromatic N) is 3. The lowest BCUT2D eigenvalue weighted by Crippen LogP contribution is -2.32. The lowest BCUT2D eigenvalue weighted by Gasteiger charge is -2.14. The van der Waals surface area contributed by atoms with Crippen molar-refractivity contribution in [3.8, 4) is 11.3 Å². The molecule has 114 valence electrons. The number of aromatic nitrogens is 2. The maximum absolute atomic E-state index is 11.4. The van der Waals surface area contributed by atoms with Crippen molar-refractivity contribution in [2.75, 3.05) is 31.5 Å². The minimum absolute atomic E-state index is 0.0121. The fourth-order valence-electron chi connectivity index (χ4n) is 2.28. The van der Waals surface area contributed by atoms with Gasteiger partial charge < -0.3 is 15.5 Å². The monoisotopic (exact) mass is 317 g/mol. The van der Waals surface area contributed by atoms with Crippen molar-refractivity contribution in [3.63, 3.8) is 0 Å². The number of carbonyl (C=O) groups excluding carboxylic acids is 1. The van der Waals surface area contributed by atoms with Gasteiger partial charge in [-0.3, -0.25) is 0 Å². The molecule has 6 nitrogen and oxygen atoms in total. The predicted molar refractivity (Wildman–Crippen MR) is 85.9 cm³/mol.